The smallest absolute Gasteiger partial charge is 0.151 e. The van der Waals surface area contributed by atoms with Gasteiger partial charge in [0.05, 0.1) is 27.2 Å². The van der Waals surface area contributed by atoms with E-state index in [0.717, 1.165) is 51.9 Å². The molecule has 2 unspecified atom stereocenters. The van der Waals surface area contributed by atoms with Crippen molar-refractivity contribution < 1.29 is 4.79 Å². The van der Waals surface area contributed by atoms with Gasteiger partial charge in [-0.3, -0.25) is 9.79 Å². The fraction of sp³-hybridized carbons (Fsp3) is 0.435. The average Bonchev–Trinajstić information content (AvgIpc) is 3.10. The second-order valence-corrected chi connectivity index (χ2v) is 9.83. The van der Waals surface area contributed by atoms with Crippen molar-refractivity contribution in [3.8, 4) is 0 Å². The molecule has 32 heavy (non-hydrogen) atoms. The standard InChI is InChI=1S/C15H16N4OS2.C8H16N2/c1-10-15(22-11(2)19-10)13(16-3)8-21-9-18-14-5-4-12(7-20)6-17-14;1-6-4-8(9)5-7(2)10(6)3/h4-8H,3,9H2,1-2H3,(H,17,18);6-7,9H,4-5H2,1-3H3/b13-8-;. The topological polar surface area (TPSA) is 94.3 Å². The number of nitrogens with zero attached hydrogens (tertiary/aromatic N) is 4. The summed E-state index contributed by atoms with van der Waals surface area (Å²) in [4.78, 5) is 26.6. The van der Waals surface area contributed by atoms with Crippen molar-refractivity contribution in [3.63, 3.8) is 0 Å². The van der Waals surface area contributed by atoms with Crippen molar-refractivity contribution in [3.05, 3.63) is 44.9 Å². The number of rotatable bonds is 7. The van der Waals surface area contributed by atoms with E-state index in [1.165, 1.54) is 6.20 Å². The van der Waals surface area contributed by atoms with Crippen LogP contribution in [0.2, 0.25) is 0 Å². The predicted octanol–water partition coefficient (Wildman–Crippen LogP) is 5.28. The highest BCUT2D eigenvalue weighted by atomic mass is 32.2. The molecular formula is C23H32N6OS2. The van der Waals surface area contributed by atoms with Crippen LogP contribution in [0.3, 0.4) is 0 Å². The number of carbonyl (C=O) groups is 1. The van der Waals surface area contributed by atoms with E-state index in [-0.39, 0.29) is 0 Å². The fourth-order valence-corrected chi connectivity index (χ4v) is 4.91. The molecule has 3 heterocycles. The summed E-state index contributed by atoms with van der Waals surface area (Å²) in [6.45, 7) is 11.9. The van der Waals surface area contributed by atoms with Crippen LogP contribution in [0.1, 0.15) is 52.6 Å². The Morgan fingerprint density at radius 2 is 2.06 bits per heavy atom. The van der Waals surface area contributed by atoms with Gasteiger partial charge < -0.3 is 15.6 Å². The van der Waals surface area contributed by atoms with Gasteiger partial charge in [0.1, 0.15) is 5.82 Å². The van der Waals surface area contributed by atoms with Crippen molar-refractivity contribution in [2.75, 3.05) is 18.2 Å². The highest BCUT2D eigenvalue weighted by molar-refractivity contribution is 8.02. The van der Waals surface area contributed by atoms with E-state index in [1.807, 2.05) is 19.3 Å². The average molecular weight is 473 g/mol. The van der Waals surface area contributed by atoms with Crippen molar-refractivity contribution >= 4 is 53.3 Å². The quantitative estimate of drug-likeness (QED) is 0.246. The summed E-state index contributed by atoms with van der Waals surface area (Å²) in [5.74, 6) is 1.37. The number of anilines is 1. The Hall–Kier alpha value is -2.36. The van der Waals surface area contributed by atoms with Gasteiger partial charge in [-0.15, -0.1) is 23.1 Å². The molecule has 2 aromatic rings. The molecule has 0 aromatic carbocycles. The maximum atomic E-state index is 10.6. The van der Waals surface area contributed by atoms with Crippen LogP contribution >= 0.6 is 23.1 Å². The largest absolute Gasteiger partial charge is 0.361 e. The van der Waals surface area contributed by atoms with E-state index in [4.69, 9.17) is 5.41 Å². The van der Waals surface area contributed by atoms with Crippen molar-refractivity contribution in [1.82, 2.24) is 14.9 Å². The lowest BCUT2D eigenvalue weighted by Gasteiger charge is -2.35. The number of piperidine rings is 1. The van der Waals surface area contributed by atoms with Crippen LogP contribution in [-0.2, 0) is 0 Å². The monoisotopic (exact) mass is 472 g/mol. The van der Waals surface area contributed by atoms with Crippen LogP contribution < -0.4 is 5.32 Å². The molecule has 9 heteroatoms. The first kappa shape index (κ1) is 25.9. The van der Waals surface area contributed by atoms with Gasteiger partial charge >= 0.3 is 0 Å². The second-order valence-electron chi connectivity index (χ2n) is 7.77. The first-order chi connectivity index (χ1) is 15.2. The van der Waals surface area contributed by atoms with Crippen molar-refractivity contribution in [1.29, 1.82) is 5.41 Å². The third-order valence-corrected chi connectivity index (χ3v) is 7.03. The molecule has 2 atom stereocenters. The van der Waals surface area contributed by atoms with Crippen LogP contribution in [0.25, 0.3) is 5.70 Å². The molecule has 172 valence electrons. The minimum atomic E-state index is 0.562. The third-order valence-electron chi connectivity index (χ3n) is 5.23. The third kappa shape index (κ3) is 7.65. The number of nitrogens with one attached hydrogen (secondary N) is 2. The summed E-state index contributed by atoms with van der Waals surface area (Å²) in [6.07, 6.45) is 4.23. The van der Waals surface area contributed by atoms with Crippen LogP contribution in [0.5, 0.6) is 0 Å². The highest BCUT2D eigenvalue weighted by Crippen LogP contribution is 2.28. The molecule has 2 aromatic heterocycles. The number of hydrogen-bond acceptors (Lipinski definition) is 9. The van der Waals surface area contributed by atoms with E-state index in [9.17, 15) is 4.79 Å². The number of aliphatic imine (C=N–C) groups is 1. The zero-order chi connectivity index (χ0) is 23.7. The Morgan fingerprint density at radius 3 is 2.56 bits per heavy atom. The number of thioether (sulfide) groups is 1. The van der Waals surface area contributed by atoms with Gasteiger partial charge in [-0.25, -0.2) is 9.97 Å². The van der Waals surface area contributed by atoms with Gasteiger partial charge in [-0.05, 0) is 59.0 Å². The SMILES string of the molecule is C=N/C(=C\SCNc1ccc(C=O)cn1)c1sc(C)nc1C.CC1CC(=N)CC(C)N1C. The Morgan fingerprint density at radius 1 is 1.38 bits per heavy atom. The Bertz CT molecular complexity index is 940. The molecular weight excluding hydrogens is 440 g/mol. The molecule has 1 saturated heterocycles. The Kier molecular flexibility index (Phi) is 10.2. The van der Waals surface area contributed by atoms with Crippen LogP contribution in [0.15, 0.2) is 28.7 Å². The lowest BCUT2D eigenvalue weighted by Crippen LogP contribution is -2.43. The van der Waals surface area contributed by atoms with E-state index in [2.05, 4.69) is 52.8 Å². The minimum Gasteiger partial charge on any atom is -0.361 e. The fourth-order valence-electron chi connectivity index (χ4n) is 3.27. The zero-order valence-corrected chi connectivity index (χ0v) is 21.0. The maximum absolute atomic E-state index is 10.6. The van der Waals surface area contributed by atoms with Gasteiger partial charge in [0.15, 0.2) is 6.29 Å². The van der Waals surface area contributed by atoms with Crippen molar-refractivity contribution in [2.24, 2.45) is 4.99 Å². The summed E-state index contributed by atoms with van der Waals surface area (Å²) in [7, 11) is 2.14. The number of thiazole rings is 1. The summed E-state index contributed by atoms with van der Waals surface area (Å²) in [5, 5.41) is 13.7. The van der Waals surface area contributed by atoms with Gasteiger partial charge in [0.2, 0.25) is 0 Å². The molecule has 2 N–H and O–H groups in total. The number of aromatic nitrogens is 2. The van der Waals surface area contributed by atoms with Crippen LogP contribution in [0.4, 0.5) is 5.82 Å². The van der Waals surface area contributed by atoms with Gasteiger partial charge in [-0.1, -0.05) is 0 Å². The van der Waals surface area contributed by atoms with E-state index in [0.29, 0.717) is 23.5 Å². The number of likely N-dealkylation sites (tertiary alicyclic amines) is 1. The first-order valence-electron chi connectivity index (χ1n) is 10.4. The Labute approximate surface area is 199 Å². The van der Waals surface area contributed by atoms with E-state index < -0.39 is 0 Å². The lowest BCUT2D eigenvalue weighted by molar-refractivity contribution is 0.112. The number of aryl methyl sites for hydroxylation is 2. The normalized spacial score (nSPS) is 19.2. The molecule has 0 spiro atoms. The van der Waals surface area contributed by atoms with Gasteiger partial charge in [0, 0.05) is 42.4 Å². The van der Waals surface area contributed by atoms with Gasteiger partial charge in [0.25, 0.3) is 0 Å². The number of carbonyl (C=O) groups excluding carboxylic acids is 1. The van der Waals surface area contributed by atoms with E-state index in [1.54, 1.807) is 35.2 Å². The second kappa shape index (κ2) is 12.6. The zero-order valence-electron chi connectivity index (χ0n) is 19.4. The molecule has 0 bridgehead atoms. The maximum Gasteiger partial charge on any atom is 0.151 e. The number of pyridine rings is 1. The molecule has 1 aliphatic heterocycles. The minimum absolute atomic E-state index is 0.562. The van der Waals surface area contributed by atoms with Crippen LogP contribution in [-0.4, -0.2) is 58.6 Å². The van der Waals surface area contributed by atoms with Crippen LogP contribution in [0, 0.1) is 19.3 Å². The highest BCUT2D eigenvalue weighted by Gasteiger charge is 2.23. The number of hydrogen-bond donors (Lipinski definition) is 2. The summed E-state index contributed by atoms with van der Waals surface area (Å²) in [6, 6.07) is 4.63. The molecule has 1 aliphatic rings. The summed E-state index contributed by atoms with van der Waals surface area (Å²) in [5.41, 5.74) is 3.28. The first-order valence-corrected chi connectivity index (χ1v) is 12.3. The molecule has 7 nitrogen and oxygen atoms in total. The molecule has 3 rings (SSSR count). The van der Waals surface area contributed by atoms with Crippen molar-refractivity contribution in [2.45, 2.75) is 52.6 Å². The molecule has 1 fully saturated rings. The Balaban J connectivity index is 0.000000303. The molecule has 0 aliphatic carbocycles. The molecule has 0 radical (unpaired) electrons. The summed E-state index contributed by atoms with van der Waals surface area (Å²) >= 11 is 3.18. The van der Waals surface area contributed by atoms with Gasteiger partial charge in [-0.2, -0.15) is 0 Å². The van der Waals surface area contributed by atoms with E-state index >= 15 is 0 Å². The molecule has 0 saturated carbocycles. The lowest BCUT2D eigenvalue weighted by atomic mass is 9.97. The predicted molar refractivity (Wildman–Crippen MR) is 138 cm³/mol. The number of aldehydes is 1. The summed E-state index contributed by atoms with van der Waals surface area (Å²) < 4.78 is 0. The molecule has 0 amide bonds.